The van der Waals surface area contributed by atoms with Gasteiger partial charge < -0.3 is 0 Å². The van der Waals surface area contributed by atoms with Crippen LogP contribution in [0.3, 0.4) is 0 Å². The molecule has 0 N–H and O–H groups in total. The Kier molecular flexibility index (Phi) is 5.75. The van der Waals surface area contributed by atoms with Gasteiger partial charge in [-0.05, 0) is 46.0 Å². The smallest absolute Gasteiger partial charge is 0.172 e. The second kappa shape index (κ2) is 6.44. The van der Waals surface area contributed by atoms with E-state index < -0.39 is 0 Å². The molecule has 0 aromatic heterocycles. The molecule has 0 saturated heterocycles. The first kappa shape index (κ1) is 16.1. The topological polar surface area (TPSA) is 17.1 Å². The monoisotopic (exact) mass is 271 g/mol. The number of allylic oxidation sites excluding steroid dienone is 2. The van der Waals surface area contributed by atoms with Gasteiger partial charge in [-0.2, -0.15) is 0 Å². The van der Waals surface area contributed by atoms with E-state index in [0.717, 1.165) is 11.7 Å². The molecule has 1 aromatic rings. The zero-order chi connectivity index (χ0) is 12.5. The van der Waals surface area contributed by atoms with Gasteiger partial charge in [0.05, 0.1) is 4.75 Å². The molecule has 0 amide bonds. The molecule has 2 atom stereocenters. The van der Waals surface area contributed by atoms with Crippen molar-refractivity contribution in [3.05, 3.63) is 40.8 Å². The molecule has 0 aliphatic carbocycles. The van der Waals surface area contributed by atoms with Gasteiger partial charge in [0.2, 0.25) is 0 Å². The first-order valence-electron chi connectivity index (χ1n) is 5.73. The molecule has 1 aromatic carbocycles. The van der Waals surface area contributed by atoms with E-state index >= 15 is 0 Å². The molecule has 1 nitrogen and oxygen atoms in total. The number of carbonyl (C=O) groups is 1. The van der Waals surface area contributed by atoms with Gasteiger partial charge in [-0.15, -0.1) is 11.8 Å². The van der Waals surface area contributed by atoms with Crippen LogP contribution in [0.2, 0.25) is 0 Å². The van der Waals surface area contributed by atoms with Crippen LogP contribution in [-0.4, -0.2) is 29.1 Å². The number of carbonyl (C=O) groups excluding carboxylic acids is 1. The first-order chi connectivity index (χ1) is 8.01. The van der Waals surface area contributed by atoms with Crippen LogP contribution in [-0.2, 0) is 4.79 Å². The zero-order valence-corrected chi connectivity index (χ0v) is 13.2. The largest absolute Gasteiger partial charge is 0.293 e. The summed E-state index contributed by atoms with van der Waals surface area (Å²) in [5, 5.41) is 1.14. The molecule has 0 fully saturated rings. The summed E-state index contributed by atoms with van der Waals surface area (Å²) in [6.07, 6.45) is 0.905. The van der Waals surface area contributed by atoms with Crippen molar-refractivity contribution in [3.8, 4) is 0 Å². The molecular formula is C14H17LiOPS. The number of rotatable bonds is 3. The summed E-state index contributed by atoms with van der Waals surface area (Å²) in [7, 11) is 0.276. The van der Waals surface area contributed by atoms with Gasteiger partial charge in [0, 0.05) is 18.9 Å². The van der Waals surface area contributed by atoms with Crippen LogP contribution in [0.15, 0.2) is 40.8 Å². The maximum Gasteiger partial charge on any atom is 0.172 e. The van der Waals surface area contributed by atoms with Crippen LogP contribution in [0.25, 0.3) is 0 Å². The third kappa shape index (κ3) is 3.52. The fraction of sp³-hybridized carbons (Fsp3) is 0.357. The molecular weight excluding hydrogens is 254 g/mol. The molecule has 1 heterocycles. The molecule has 0 saturated carbocycles. The van der Waals surface area contributed by atoms with E-state index in [2.05, 4.69) is 20.8 Å². The molecule has 0 bridgehead atoms. The first-order valence-corrected chi connectivity index (χ1v) is 7.55. The summed E-state index contributed by atoms with van der Waals surface area (Å²) in [4.78, 5) is 13.7. The fourth-order valence-electron chi connectivity index (χ4n) is 2.00. The molecule has 2 unspecified atom stereocenters. The van der Waals surface area contributed by atoms with Gasteiger partial charge in [0.15, 0.2) is 5.52 Å². The molecule has 0 spiro atoms. The number of benzene rings is 1. The molecule has 91 valence electrons. The van der Waals surface area contributed by atoms with Crippen molar-refractivity contribution in [3.63, 3.8) is 0 Å². The zero-order valence-electron chi connectivity index (χ0n) is 11.4. The van der Waals surface area contributed by atoms with Crippen LogP contribution in [0.1, 0.15) is 27.2 Å². The quantitative estimate of drug-likeness (QED) is 0.619. The van der Waals surface area contributed by atoms with Crippen molar-refractivity contribution in [1.29, 1.82) is 0 Å². The average molecular weight is 271 g/mol. The average Bonchev–Trinajstić information content (AvgIpc) is 2.55. The molecule has 1 aliphatic heterocycles. The van der Waals surface area contributed by atoms with E-state index in [-0.39, 0.29) is 32.2 Å². The summed E-state index contributed by atoms with van der Waals surface area (Å²) in [5.41, 5.74) is 1.73. The van der Waals surface area contributed by atoms with Crippen molar-refractivity contribution in [2.45, 2.75) is 31.9 Å². The Balaban J connectivity index is 0.00000162. The minimum Gasteiger partial charge on any atom is -0.293 e. The standard InChI is InChI=1S/C14H17OPS.Li/c1-10-9-14(3,17-11(10)2)13(15)16-12-7-5-4-6-8-12;/h4-8,16H,9H2,1-3H3;. The molecule has 2 rings (SSSR count). The maximum absolute atomic E-state index is 12.4. The summed E-state index contributed by atoms with van der Waals surface area (Å²) < 4.78 is -0.234. The number of thioether (sulfide) groups is 1. The molecule has 1 aliphatic rings. The SMILES string of the molecule is CC1=C(C)SC(C)(C(=O)Pc2ccccc2)C1.[Li]. The van der Waals surface area contributed by atoms with Gasteiger partial charge in [-0.25, -0.2) is 0 Å². The van der Waals surface area contributed by atoms with Gasteiger partial charge in [0.25, 0.3) is 0 Å². The van der Waals surface area contributed by atoms with Crippen LogP contribution < -0.4 is 5.30 Å². The summed E-state index contributed by atoms with van der Waals surface area (Å²) in [6.45, 7) is 6.33. The summed E-state index contributed by atoms with van der Waals surface area (Å²) in [5.74, 6) is 0. The van der Waals surface area contributed by atoms with Crippen LogP contribution in [0.5, 0.6) is 0 Å². The Morgan fingerprint density at radius 3 is 2.39 bits per heavy atom. The van der Waals surface area contributed by atoms with E-state index in [1.807, 2.05) is 30.3 Å². The van der Waals surface area contributed by atoms with Gasteiger partial charge in [-0.3, -0.25) is 4.79 Å². The van der Waals surface area contributed by atoms with E-state index in [1.165, 1.54) is 10.5 Å². The second-order valence-electron chi connectivity index (χ2n) is 4.67. The maximum atomic E-state index is 12.4. The Hall–Kier alpha value is 0.00740. The van der Waals surface area contributed by atoms with E-state index in [0.29, 0.717) is 5.52 Å². The molecule has 4 heteroatoms. The van der Waals surface area contributed by atoms with E-state index in [9.17, 15) is 4.79 Å². The van der Waals surface area contributed by atoms with E-state index in [4.69, 9.17) is 0 Å². The molecule has 1 radical (unpaired) electrons. The number of hydrogen-bond acceptors (Lipinski definition) is 2. The van der Waals surface area contributed by atoms with Crippen molar-refractivity contribution in [2.75, 3.05) is 0 Å². The van der Waals surface area contributed by atoms with Crippen molar-refractivity contribution < 1.29 is 4.79 Å². The van der Waals surface area contributed by atoms with Crippen molar-refractivity contribution >= 4 is 50.0 Å². The predicted molar refractivity (Wildman–Crippen MR) is 84.1 cm³/mol. The minimum absolute atomic E-state index is 0. The predicted octanol–water partition coefficient (Wildman–Crippen LogP) is 3.33. The molecule has 18 heavy (non-hydrogen) atoms. The third-order valence-corrected chi connectivity index (χ3v) is 6.11. The Labute approximate surface area is 127 Å². The fourth-order valence-corrected chi connectivity index (χ4v) is 4.59. The second-order valence-corrected chi connectivity index (χ2v) is 7.67. The normalized spacial score (nSPS) is 23.5. The van der Waals surface area contributed by atoms with Gasteiger partial charge in [-0.1, -0.05) is 35.9 Å². The Morgan fingerprint density at radius 2 is 1.89 bits per heavy atom. The Morgan fingerprint density at radius 1 is 1.28 bits per heavy atom. The summed E-state index contributed by atoms with van der Waals surface area (Å²) >= 11 is 1.74. The van der Waals surface area contributed by atoms with Crippen LogP contribution in [0, 0.1) is 0 Å². The van der Waals surface area contributed by atoms with Gasteiger partial charge in [0.1, 0.15) is 0 Å². The summed E-state index contributed by atoms with van der Waals surface area (Å²) in [6, 6.07) is 10.0. The number of hydrogen-bond donors (Lipinski definition) is 0. The van der Waals surface area contributed by atoms with Crippen LogP contribution in [0.4, 0.5) is 0 Å². The van der Waals surface area contributed by atoms with Crippen molar-refractivity contribution in [1.82, 2.24) is 0 Å². The van der Waals surface area contributed by atoms with Crippen molar-refractivity contribution in [2.24, 2.45) is 0 Å². The minimum atomic E-state index is -0.234. The van der Waals surface area contributed by atoms with Crippen LogP contribution >= 0.6 is 20.3 Å². The van der Waals surface area contributed by atoms with E-state index in [1.54, 1.807) is 11.8 Å². The third-order valence-electron chi connectivity index (χ3n) is 3.09. The Bertz CT molecular complexity index is 456. The van der Waals surface area contributed by atoms with Gasteiger partial charge >= 0.3 is 0 Å².